The molecule has 3 rings (SSSR count). The van der Waals surface area contributed by atoms with E-state index in [1.807, 2.05) is 16.7 Å². The summed E-state index contributed by atoms with van der Waals surface area (Å²) >= 11 is 1.46. The van der Waals surface area contributed by atoms with E-state index < -0.39 is 0 Å². The predicted octanol–water partition coefficient (Wildman–Crippen LogP) is 2.11. The average Bonchev–Trinajstić information content (AvgIpc) is 2.73. The third-order valence-electron chi connectivity index (χ3n) is 2.91. The highest BCUT2D eigenvalue weighted by Gasteiger charge is 2.16. The molecule has 0 unspecified atom stereocenters. The maximum atomic E-state index is 11.3. The lowest BCUT2D eigenvalue weighted by atomic mass is 10.2. The van der Waals surface area contributed by atoms with Crippen molar-refractivity contribution in [2.24, 2.45) is 4.99 Å². The van der Waals surface area contributed by atoms with E-state index in [0.29, 0.717) is 24.6 Å². The number of aromatic nitrogens is 1. The van der Waals surface area contributed by atoms with Crippen LogP contribution in [0.3, 0.4) is 0 Å². The van der Waals surface area contributed by atoms with Crippen molar-refractivity contribution in [3.05, 3.63) is 29.6 Å². The molecule has 0 saturated carbocycles. The van der Waals surface area contributed by atoms with E-state index in [4.69, 9.17) is 9.47 Å². The summed E-state index contributed by atoms with van der Waals surface area (Å²) < 4.78 is 14.1. The van der Waals surface area contributed by atoms with Crippen molar-refractivity contribution in [1.82, 2.24) is 4.57 Å². The van der Waals surface area contributed by atoms with E-state index in [1.165, 1.54) is 18.3 Å². The summed E-state index contributed by atoms with van der Waals surface area (Å²) in [4.78, 5) is 16.0. The van der Waals surface area contributed by atoms with Crippen molar-refractivity contribution in [1.29, 1.82) is 0 Å². The van der Waals surface area contributed by atoms with Crippen molar-refractivity contribution in [2.75, 3.05) is 13.2 Å². The first-order chi connectivity index (χ1) is 9.69. The minimum absolute atomic E-state index is 0.216. The van der Waals surface area contributed by atoms with E-state index in [2.05, 4.69) is 11.6 Å². The average molecular weight is 290 g/mol. The van der Waals surface area contributed by atoms with Crippen LogP contribution >= 0.6 is 11.3 Å². The van der Waals surface area contributed by atoms with Crippen molar-refractivity contribution in [2.45, 2.75) is 13.5 Å². The Morgan fingerprint density at radius 3 is 2.80 bits per heavy atom. The second-order valence-corrected chi connectivity index (χ2v) is 5.39. The van der Waals surface area contributed by atoms with Gasteiger partial charge < -0.3 is 14.0 Å². The number of hydrogen-bond donors (Lipinski definition) is 0. The van der Waals surface area contributed by atoms with Crippen LogP contribution < -0.4 is 14.3 Å². The topological polar surface area (TPSA) is 52.8 Å². The molecule has 2 aromatic rings. The summed E-state index contributed by atoms with van der Waals surface area (Å²) in [6.45, 7) is 6.89. The summed E-state index contributed by atoms with van der Waals surface area (Å²) in [5, 5.41) is 0. The summed E-state index contributed by atoms with van der Waals surface area (Å²) in [5.41, 5.74) is 0.971. The van der Waals surface area contributed by atoms with Gasteiger partial charge in [-0.2, -0.15) is 4.99 Å². The van der Waals surface area contributed by atoms with Gasteiger partial charge in [-0.1, -0.05) is 17.4 Å². The molecule has 0 saturated heterocycles. The molecule has 0 radical (unpaired) electrons. The fourth-order valence-electron chi connectivity index (χ4n) is 2.13. The van der Waals surface area contributed by atoms with Crippen LogP contribution in [-0.4, -0.2) is 23.7 Å². The number of fused-ring (bicyclic) bond motifs is 2. The summed E-state index contributed by atoms with van der Waals surface area (Å²) in [7, 11) is 0. The number of nitrogens with zero attached hydrogens (tertiary/aromatic N) is 2. The lowest BCUT2D eigenvalue weighted by Crippen LogP contribution is -2.16. The van der Waals surface area contributed by atoms with Crippen LogP contribution in [0.5, 0.6) is 11.5 Å². The Balaban J connectivity index is 2.28. The first-order valence-electron chi connectivity index (χ1n) is 6.28. The van der Waals surface area contributed by atoms with E-state index in [0.717, 1.165) is 21.7 Å². The zero-order chi connectivity index (χ0) is 14.1. The molecule has 0 atom stereocenters. The van der Waals surface area contributed by atoms with Gasteiger partial charge in [0.1, 0.15) is 13.2 Å². The standard InChI is InChI=1S/C14H14N2O3S/c1-3-4-16-10-7-11-12(19-6-5-18-11)8-13(10)20-14(16)15-9(2)17/h3,7-8H,1,4-6H2,2H3. The molecule has 6 heteroatoms. The number of benzene rings is 1. The Labute approximate surface area is 119 Å². The fraction of sp³-hybridized carbons (Fsp3) is 0.286. The normalized spacial score (nSPS) is 14.6. The smallest absolute Gasteiger partial charge is 0.245 e. The van der Waals surface area contributed by atoms with Crippen LogP contribution in [0.15, 0.2) is 29.8 Å². The van der Waals surface area contributed by atoms with Crippen molar-refractivity contribution in [3.63, 3.8) is 0 Å². The second kappa shape index (κ2) is 5.13. The van der Waals surface area contributed by atoms with Crippen molar-refractivity contribution >= 4 is 27.5 Å². The third kappa shape index (κ3) is 2.22. The van der Waals surface area contributed by atoms with Crippen LogP contribution in [-0.2, 0) is 11.3 Å². The summed E-state index contributed by atoms with van der Waals surface area (Å²) in [6.07, 6.45) is 1.78. The molecule has 104 valence electrons. The highest BCUT2D eigenvalue weighted by atomic mass is 32.1. The summed E-state index contributed by atoms with van der Waals surface area (Å²) in [5.74, 6) is 1.26. The van der Waals surface area contributed by atoms with Gasteiger partial charge >= 0.3 is 0 Å². The number of ether oxygens (including phenoxy) is 2. The highest BCUT2D eigenvalue weighted by molar-refractivity contribution is 7.16. The zero-order valence-electron chi connectivity index (χ0n) is 11.1. The van der Waals surface area contributed by atoms with Gasteiger partial charge in [-0.15, -0.1) is 6.58 Å². The van der Waals surface area contributed by atoms with E-state index in [-0.39, 0.29) is 5.91 Å². The van der Waals surface area contributed by atoms with Crippen LogP contribution in [0, 0.1) is 0 Å². The first kappa shape index (κ1) is 12.9. The van der Waals surface area contributed by atoms with Gasteiger partial charge in [0.2, 0.25) is 5.91 Å². The molecule has 0 bridgehead atoms. The molecule has 5 nitrogen and oxygen atoms in total. The number of allylic oxidation sites excluding steroid dienone is 1. The molecule has 0 spiro atoms. The van der Waals surface area contributed by atoms with Crippen LogP contribution in [0.4, 0.5) is 0 Å². The van der Waals surface area contributed by atoms with Crippen LogP contribution in [0.1, 0.15) is 6.92 Å². The minimum atomic E-state index is -0.216. The number of hydrogen-bond acceptors (Lipinski definition) is 4. The Kier molecular flexibility index (Phi) is 3.31. The molecule has 0 aliphatic carbocycles. The number of amides is 1. The number of rotatable bonds is 2. The maximum Gasteiger partial charge on any atom is 0.245 e. The van der Waals surface area contributed by atoms with Crippen molar-refractivity contribution < 1.29 is 14.3 Å². The molecule has 1 aromatic heterocycles. The lowest BCUT2D eigenvalue weighted by molar-refractivity contribution is -0.116. The number of carbonyl (C=O) groups excluding carboxylic acids is 1. The van der Waals surface area contributed by atoms with E-state index in [1.54, 1.807) is 6.08 Å². The molecule has 20 heavy (non-hydrogen) atoms. The van der Waals surface area contributed by atoms with Gasteiger partial charge in [0, 0.05) is 25.6 Å². The molecular weight excluding hydrogens is 276 g/mol. The predicted molar refractivity (Wildman–Crippen MR) is 77.2 cm³/mol. The highest BCUT2D eigenvalue weighted by Crippen LogP contribution is 2.35. The Morgan fingerprint density at radius 2 is 2.15 bits per heavy atom. The fourth-order valence-corrected chi connectivity index (χ4v) is 3.23. The molecule has 0 fully saturated rings. The Morgan fingerprint density at radius 1 is 1.45 bits per heavy atom. The first-order valence-corrected chi connectivity index (χ1v) is 7.10. The van der Waals surface area contributed by atoms with E-state index >= 15 is 0 Å². The molecule has 1 aromatic carbocycles. The van der Waals surface area contributed by atoms with Crippen molar-refractivity contribution in [3.8, 4) is 11.5 Å². The van der Waals surface area contributed by atoms with Gasteiger partial charge in [0.05, 0.1) is 10.2 Å². The van der Waals surface area contributed by atoms with Gasteiger partial charge in [0.15, 0.2) is 16.3 Å². The van der Waals surface area contributed by atoms with Gasteiger partial charge in [0.25, 0.3) is 0 Å². The molecule has 1 aliphatic heterocycles. The molecular formula is C14H14N2O3S. The molecule has 1 aliphatic rings. The second-order valence-electron chi connectivity index (χ2n) is 4.38. The van der Waals surface area contributed by atoms with Gasteiger partial charge in [-0.25, -0.2) is 0 Å². The van der Waals surface area contributed by atoms with Gasteiger partial charge in [-0.05, 0) is 0 Å². The third-order valence-corrected chi connectivity index (χ3v) is 3.95. The van der Waals surface area contributed by atoms with E-state index in [9.17, 15) is 4.79 Å². The molecule has 2 heterocycles. The number of carbonyl (C=O) groups is 1. The Hall–Kier alpha value is -2.08. The molecule has 1 amide bonds. The maximum absolute atomic E-state index is 11.3. The minimum Gasteiger partial charge on any atom is -0.486 e. The van der Waals surface area contributed by atoms with Gasteiger partial charge in [-0.3, -0.25) is 4.79 Å². The Bertz CT molecular complexity index is 758. The SMILES string of the molecule is C=CCn1c(=NC(C)=O)sc2cc3c(cc21)OCCO3. The number of thiazole rings is 1. The lowest BCUT2D eigenvalue weighted by Gasteiger charge is -2.18. The van der Waals surface area contributed by atoms with Crippen LogP contribution in [0.2, 0.25) is 0 Å². The quantitative estimate of drug-likeness (QED) is 0.796. The monoisotopic (exact) mass is 290 g/mol. The van der Waals surface area contributed by atoms with Crippen LogP contribution in [0.25, 0.3) is 10.2 Å². The largest absolute Gasteiger partial charge is 0.486 e. The summed E-state index contributed by atoms with van der Waals surface area (Å²) in [6, 6.07) is 3.87. The zero-order valence-corrected chi connectivity index (χ0v) is 11.9. The molecule has 0 N–H and O–H groups in total.